The molecule has 114 valence electrons. The van der Waals surface area contributed by atoms with Gasteiger partial charge in [0.05, 0.1) is 11.8 Å². The Bertz CT molecular complexity index is 226. The molecule has 0 rings (SSSR count). The van der Waals surface area contributed by atoms with E-state index in [4.69, 9.17) is 10.2 Å². The van der Waals surface area contributed by atoms with Gasteiger partial charge in [-0.1, -0.05) is 34.6 Å². The summed E-state index contributed by atoms with van der Waals surface area (Å²) >= 11 is 0. The van der Waals surface area contributed by atoms with E-state index < -0.39 is 23.8 Å². The predicted molar refractivity (Wildman–Crippen MR) is 76.3 cm³/mol. The lowest BCUT2D eigenvalue weighted by Crippen LogP contribution is -2.28. The summed E-state index contributed by atoms with van der Waals surface area (Å²) in [6.07, 6.45) is 0.723. The van der Waals surface area contributed by atoms with E-state index in [1.165, 1.54) is 19.6 Å². The fraction of sp³-hybridized carbons (Fsp3) is 0.857. The molecule has 5 nitrogen and oxygen atoms in total. The number of hydrogen-bond acceptors (Lipinski definition) is 3. The lowest BCUT2D eigenvalue weighted by atomic mass is 9.88. The summed E-state index contributed by atoms with van der Waals surface area (Å²) < 4.78 is 0. The van der Waals surface area contributed by atoms with Crippen LogP contribution in [0.1, 0.15) is 47.5 Å². The van der Waals surface area contributed by atoms with Crippen LogP contribution < -0.4 is 0 Å². The van der Waals surface area contributed by atoms with Crippen molar-refractivity contribution >= 4 is 11.9 Å². The van der Waals surface area contributed by atoms with Gasteiger partial charge in [-0.2, -0.15) is 0 Å². The lowest BCUT2D eigenvalue weighted by molar-refractivity contribution is -0.154. The van der Waals surface area contributed by atoms with Crippen molar-refractivity contribution in [2.45, 2.75) is 47.5 Å². The smallest absolute Gasteiger partial charge is 0.307 e. The van der Waals surface area contributed by atoms with Crippen molar-refractivity contribution in [1.82, 2.24) is 4.90 Å². The van der Waals surface area contributed by atoms with Gasteiger partial charge in [0.1, 0.15) is 0 Å². The molecule has 2 atom stereocenters. The number of aliphatic carboxylic acids is 2. The molecule has 0 aliphatic carbocycles. The Morgan fingerprint density at radius 1 is 0.789 bits per heavy atom. The highest BCUT2D eigenvalue weighted by Gasteiger charge is 2.30. The third-order valence-corrected chi connectivity index (χ3v) is 3.34. The first-order valence-electron chi connectivity index (χ1n) is 7.07. The molecular weight excluding hydrogens is 246 g/mol. The molecule has 0 heterocycles. The summed E-state index contributed by atoms with van der Waals surface area (Å²) in [6, 6.07) is 0. The standard InChI is InChI=1S/C8H14O4.C6H15N/c1-3-5(7(9)10)6(4-2)8(11)12;1-4-7(5-2)6-3/h5-6H,3-4H2,1-2H3,(H,9,10)(H,11,12);4-6H2,1-3H3. The minimum atomic E-state index is -1.02. The van der Waals surface area contributed by atoms with Gasteiger partial charge >= 0.3 is 11.9 Å². The van der Waals surface area contributed by atoms with E-state index in [0.29, 0.717) is 12.8 Å². The monoisotopic (exact) mass is 275 g/mol. The molecule has 0 fully saturated rings. The average molecular weight is 275 g/mol. The maximum atomic E-state index is 10.6. The van der Waals surface area contributed by atoms with Gasteiger partial charge in [-0.3, -0.25) is 9.59 Å². The van der Waals surface area contributed by atoms with Gasteiger partial charge in [0.2, 0.25) is 0 Å². The number of hydrogen-bond donors (Lipinski definition) is 2. The minimum absolute atomic E-state index is 0.361. The molecule has 0 saturated carbocycles. The zero-order valence-electron chi connectivity index (χ0n) is 12.8. The van der Waals surface area contributed by atoms with Crippen LogP contribution >= 0.6 is 0 Å². The van der Waals surface area contributed by atoms with Crippen LogP contribution in [0.25, 0.3) is 0 Å². The van der Waals surface area contributed by atoms with E-state index in [1.807, 2.05) is 0 Å². The molecule has 5 heteroatoms. The third kappa shape index (κ3) is 8.59. The number of carboxylic acid groups (broad SMARTS) is 2. The second kappa shape index (κ2) is 12.0. The molecule has 2 unspecified atom stereocenters. The van der Waals surface area contributed by atoms with Crippen molar-refractivity contribution in [3.63, 3.8) is 0 Å². The molecule has 0 aliphatic rings. The maximum absolute atomic E-state index is 10.6. The highest BCUT2D eigenvalue weighted by atomic mass is 16.4. The zero-order valence-corrected chi connectivity index (χ0v) is 12.8. The van der Waals surface area contributed by atoms with Gasteiger partial charge in [0, 0.05) is 0 Å². The molecule has 0 amide bonds. The number of carboxylic acids is 2. The second-order valence-electron chi connectivity index (χ2n) is 4.33. The van der Waals surface area contributed by atoms with Crippen molar-refractivity contribution in [3.8, 4) is 0 Å². The van der Waals surface area contributed by atoms with Crippen LogP contribution in [0.4, 0.5) is 0 Å². The number of nitrogens with zero attached hydrogens (tertiary/aromatic N) is 1. The third-order valence-electron chi connectivity index (χ3n) is 3.34. The largest absolute Gasteiger partial charge is 0.481 e. The van der Waals surface area contributed by atoms with Crippen LogP contribution in [-0.2, 0) is 9.59 Å². The van der Waals surface area contributed by atoms with E-state index in [-0.39, 0.29) is 0 Å². The molecule has 2 N–H and O–H groups in total. The topological polar surface area (TPSA) is 77.8 Å². The summed E-state index contributed by atoms with van der Waals surface area (Å²) in [5.74, 6) is -3.56. The first-order chi connectivity index (χ1) is 8.89. The molecule has 0 aromatic rings. The molecule has 0 spiro atoms. The van der Waals surface area contributed by atoms with Crippen LogP contribution in [0, 0.1) is 11.8 Å². The maximum Gasteiger partial charge on any atom is 0.307 e. The van der Waals surface area contributed by atoms with Gasteiger partial charge in [-0.25, -0.2) is 0 Å². The molecule has 0 radical (unpaired) electrons. The highest BCUT2D eigenvalue weighted by molar-refractivity contribution is 5.79. The quantitative estimate of drug-likeness (QED) is 0.712. The fourth-order valence-corrected chi connectivity index (χ4v) is 1.93. The first kappa shape index (κ1) is 20.2. The van der Waals surface area contributed by atoms with E-state index in [2.05, 4.69) is 25.7 Å². The molecule has 19 heavy (non-hydrogen) atoms. The molecule has 0 saturated heterocycles. The summed E-state index contributed by atoms with van der Waals surface area (Å²) in [5.41, 5.74) is 0. The number of rotatable bonds is 8. The van der Waals surface area contributed by atoms with Crippen LogP contribution in [0.2, 0.25) is 0 Å². The molecular formula is C14H29NO4. The van der Waals surface area contributed by atoms with Crippen molar-refractivity contribution in [2.24, 2.45) is 11.8 Å². The van der Waals surface area contributed by atoms with E-state index >= 15 is 0 Å². The normalized spacial score (nSPS) is 13.4. The average Bonchev–Trinajstić information content (AvgIpc) is 2.37. The van der Waals surface area contributed by atoms with Crippen molar-refractivity contribution in [3.05, 3.63) is 0 Å². The van der Waals surface area contributed by atoms with Crippen LogP contribution in [0.15, 0.2) is 0 Å². The van der Waals surface area contributed by atoms with E-state index in [9.17, 15) is 9.59 Å². The first-order valence-corrected chi connectivity index (χ1v) is 7.07. The van der Waals surface area contributed by atoms with Crippen LogP contribution in [0.5, 0.6) is 0 Å². The predicted octanol–water partition coefficient (Wildman–Crippen LogP) is 2.56. The molecule has 0 aromatic carbocycles. The van der Waals surface area contributed by atoms with Crippen molar-refractivity contribution < 1.29 is 19.8 Å². The van der Waals surface area contributed by atoms with E-state index in [0.717, 1.165) is 0 Å². The minimum Gasteiger partial charge on any atom is -0.481 e. The Labute approximate surface area is 116 Å². The van der Waals surface area contributed by atoms with E-state index in [1.54, 1.807) is 13.8 Å². The Hall–Kier alpha value is -1.10. The lowest BCUT2D eigenvalue weighted by Gasteiger charge is -2.16. The van der Waals surface area contributed by atoms with Crippen molar-refractivity contribution in [2.75, 3.05) is 19.6 Å². The summed E-state index contributed by atoms with van der Waals surface area (Å²) in [6.45, 7) is 13.5. The Kier molecular flexibility index (Phi) is 12.7. The van der Waals surface area contributed by atoms with Gasteiger partial charge in [-0.05, 0) is 32.5 Å². The van der Waals surface area contributed by atoms with Gasteiger partial charge in [0.15, 0.2) is 0 Å². The van der Waals surface area contributed by atoms with Gasteiger partial charge in [0.25, 0.3) is 0 Å². The van der Waals surface area contributed by atoms with Crippen LogP contribution in [0.3, 0.4) is 0 Å². The van der Waals surface area contributed by atoms with Gasteiger partial charge in [-0.15, -0.1) is 0 Å². The van der Waals surface area contributed by atoms with Gasteiger partial charge < -0.3 is 15.1 Å². The Balaban J connectivity index is 0. The fourth-order valence-electron chi connectivity index (χ4n) is 1.93. The Morgan fingerprint density at radius 3 is 1.11 bits per heavy atom. The summed E-state index contributed by atoms with van der Waals surface area (Å²) in [4.78, 5) is 23.5. The molecule has 0 bridgehead atoms. The highest BCUT2D eigenvalue weighted by Crippen LogP contribution is 2.19. The molecule has 0 aliphatic heterocycles. The Morgan fingerprint density at radius 2 is 1.05 bits per heavy atom. The SMILES string of the molecule is CCC(C(=O)O)C(CC)C(=O)O.CCN(CC)CC. The number of carbonyl (C=O) groups is 2. The summed E-state index contributed by atoms with van der Waals surface area (Å²) in [5, 5.41) is 17.3. The second-order valence-corrected chi connectivity index (χ2v) is 4.33. The molecule has 0 aromatic heterocycles. The zero-order chi connectivity index (χ0) is 15.4. The van der Waals surface area contributed by atoms with Crippen LogP contribution in [-0.4, -0.2) is 46.7 Å². The summed E-state index contributed by atoms with van der Waals surface area (Å²) in [7, 11) is 0. The van der Waals surface area contributed by atoms with Crippen molar-refractivity contribution in [1.29, 1.82) is 0 Å².